The van der Waals surface area contributed by atoms with Gasteiger partial charge in [0.1, 0.15) is 0 Å². The molecular formula is C12H18BrClS. The van der Waals surface area contributed by atoms with E-state index in [9.17, 15) is 0 Å². The number of thiophene rings is 1. The van der Waals surface area contributed by atoms with Crippen LogP contribution in [-0.4, -0.2) is 0 Å². The Morgan fingerprint density at radius 3 is 2.60 bits per heavy atom. The fraction of sp³-hybridized carbons (Fsp3) is 0.667. The first kappa shape index (κ1) is 13.5. The van der Waals surface area contributed by atoms with Crippen molar-refractivity contribution in [3.05, 3.63) is 20.8 Å². The molecule has 0 aliphatic heterocycles. The summed E-state index contributed by atoms with van der Waals surface area (Å²) in [7, 11) is 0. The molecule has 0 fully saturated rings. The van der Waals surface area contributed by atoms with Crippen LogP contribution in [0.1, 0.15) is 49.8 Å². The molecule has 0 aromatic carbocycles. The van der Waals surface area contributed by atoms with Gasteiger partial charge in [-0.3, -0.25) is 0 Å². The second-order valence-corrected chi connectivity index (χ2v) is 6.82. The van der Waals surface area contributed by atoms with Gasteiger partial charge in [-0.2, -0.15) is 0 Å². The lowest BCUT2D eigenvalue weighted by Gasteiger charge is -2.19. The molecule has 1 aromatic rings. The van der Waals surface area contributed by atoms with Crippen molar-refractivity contribution in [3.8, 4) is 0 Å². The van der Waals surface area contributed by atoms with Crippen LogP contribution < -0.4 is 0 Å². The van der Waals surface area contributed by atoms with Crippen LogP contribution in [0.2, 0.25) is 0 Å². The Kier molecular flexibility index (Phi) is 6.25. The lowest BCUT2D eigenvalue weighted by molar-refractivity contribution is 0.440. The van der Waals surface area contributed by atoms with Gasteiger partial charge in [0.2, 0.25) is 0 Å². The zero-order chi connectivity index (χ0) is 11.3. The highest BCUT2D eigenvalue weighted by atomic mass is 79.9. The van der Waals surface area contributed by atoms with Crippen LogP contribution in [-0.2, 0) is 0 Å². The Labute approximate surface area is 110 Å². The van der Waals surface area contributed by atoms with Crippen LogP contribution in [0.5, 0.6) is 0 Å². The fourth-order valence-corrected chi connectivity index (χ4v) is 3.74. The van der Waals surface area contributed by atoms with Crippen molar-refractivity contribution in [2.45, 2.75) is 44.9 Å². The van der Waals surface area contributed by atoms with E-state index in [1.165, 1.54) is 34.3 Å². The number of alkyl halides is 1. The molecule has 0 saturated carbocycles. The van der Waals surface area contributed by atoms with E-state index in [1.54, 1.807) is 11.3 Å². The average molecular weight is 310 g/mol. The molecule has 86 valence electrons. The molecule has 0 bridgehead atoms. The predicted molar refractivity (Wildman–Crippen MR) is 73.9 cm³/mol. The Morgan fingerprint density at radius 2 is 2.13 bits per heavy atom. The number of hydrogen-bond donors (Lipinski definition) is 0. The van der Waals surface area contributed by atoms with E-state index in [4.69, 9.17) is 11.6 Å². The Bertz CT molecular complexity index is 285. The van der Waals surface area contributed by atoms with Crippen molar-refractivity contribution in [1.82, 2.24) is 0 Å². The summed E-state index contributed by atoms with van der Waals surface area (Å²) in [6.07, 6.45) is 4.96. The number of halogens is 2. The minimum absolute atomic E-state index is 0.192. The minimum Gasteiger partial charge on any atom is -0.132 e. The van der Waals surface area contributed by atoms with Crippen LogP contribution in [0, 0.1) is 5.92 Å². The van der Waals surface area contributed by atoms with Gasteiger partial charge in [-0.1, -0.05) is 33.1 Å². The number of hydrogen-bond acceptors (Lipinski definition) is 1. The van der Waals surface area contributed by atoms with Crippen molar-refractivity contribution in [1.29, 1.82) is 0 Å². The predicted octanol–water partition coefficient (Wildman–Crippen LogP) is 6.01. The van der Waals surface area contributed by atoms with Gasteiger partial charge in [0, 0.05) is 4.88 Å². The van der Waals surface area contributed by atoms with Gasteiger partial charge in [-0.15, -0.1) is 22.9 Å². The third-order valence-corrected chi connectivity index (χ3v) is 5.16. The monoisotopic (exact) mass is 308 g/mol. The molecule has 0 N–H and O–H groups in total. The normalized spacial score (nSPS) is 15.2. The van der Waals surface area contributed by atoms with E-state index >= 15 is 0 Å². The summed E-state index contributed by atoms with van der Waals surface area (Å²) in [6.45, 7) is 4.47. The van der Waals surface area contributed by atoms with Crippen molar-refractivity contribution in [2.75, 3.05) is 0 Å². The lowest BCUT2D eigenvalue weighted by atomic mass is 9.95. The highest BCUT2D eigenvalue weighted by Crippen LogP contribution is 2.39. The van der Waals surface area contributed by atoms with E-state index in [-0.39, 0.29) is 5.38 Å². The molecule has 3 heteroatoms. The number of rotatable bonds is 6. The molecule has 15 heavy (non-hydrogen) atoms. The maximum absolute atomic E-state index is 6.51. The molecule has 0 amide bonds. The summed E-state index contributed by atoms with van der Waals surface area (Å²) >= 11 is 11.8. The van der Waals surface area contributed by atoms with E-state index in [1.807, 2.05) is 0 Å². The molecule has 0 aliphatic carbocycles. The molecule has 0 spiro atoms. The van der Waals surface area contributed by atoms with E-state index in [0.29, 0.717) is 5.92 Å². The van der Waals surface area contributed by atoms with Crippen molar-refractivity contribution >= 4 is 38.9 Å². The molecule has 0 nitrogen and oxygen atoms in total. The summed E-state index contributed by atoms with van der Waals surface area (Å²) in [5.74, 6) is 0.622. The summed E-state index contributed by atoms with van der Waals surface area (Å²) < 4.78 is 1.17. The lowest BCUT2D eigenvalue weighted by Crippen LogP contribution is -2.05. The fourth-order valence-electron chi connectivity index (χ4n) is 1.73. The first-order valence-electron chi connectivity index (χ1n) is 5.58. The molecule has 2 unspecified atom stereocenters. The molecule has 1 heterocycles. The maximum atomic E-state index is 6.51. The zero-order valence-electron chi connectivity index (χ0n) is 9.30. The molecule has 2 atom stereocenters. The van der Waals surface area contributed by atoms with Gasteiger partial charge in [0.25, 0.3) is 0 Å². The zero-order valence-corrected chi connectivity index (χ0v) is 12.5. The highest BCUT2D eigenvalue weighted by Gasteiger charge is 2.20. The van der Waals surface area contributed by atoms with E-state index < -0.39 is 0 Å². The largest absolute Gasteiger partial charge is 0.132 e. The minimum atomic E-state index is 0.192. The molecule has 0 saturated heterocycles. The highest BCUT2D eigenvalue weighted by molar-refractivity contribution is 9.11. The van der Waals surface area contributed by atoms with Crippen molar-refractivity contribution in [2.24, 2.45) is 5.92 Å². The second kappa shape index (κ2) is 6.93. The topological polar surface area (TPSA) is 0 Å². The van der Waals surface area contributed by atoms with Crippen LogP contribution >= 0.6 is 38.9 Å². The van der Waals surface area contributed by atoms with Gasteiger partial charge in [0.15, 0.2) is 0 Å². The van der Waals surface area contributed by atoms with E-state index in [2.05, 4.69) is 41.9 Å². The SMILES string of the molecule is CCCCC(CC)C(Cl)c1ccc(Br)s1. The third kappa shape index (κ3) is 4.08. The van der Waals surface area contributed by atoms with Crippen molar-refractivity contribution < 1.29 is 0 Å². The first-order valence-corrected chi connectivity index (χ1v) is 7.62. The van der Waals surface area contributed by atoms with Gasteiger partial charge in [0.05, 0.1) is 9.16 Å². The van der Waals surface area contributed by atoms with Crippen molar-refractivity contribution in [3.63, 3.8) is 0 Å². The van der Waals surface area contributed by atoms with Gasteiger partial charge in [-0.25, -0.2) is 0 Å². The summed E-state index contributed by atoms with van der Waals surface area (Å²) in [5, 5.41) is 0.192. The third-order valence-electron chi connectivity index (χ3n) is 2.73. The van der Waals surface area contributed by atoms with Crippen LogP contribution in [0.15, 0.2) is 15.9 Å². The Balaban J connectivity index is 2.59. The summed E-state index contributed by atoms with van der Waals surface area (Å²) in [6, 6.07) is 4.23. The molecule has 0 radical (unpaired) electrons. The quantitative estimate of drug-likeness (QED) is 0.565. The smallest absolute Gasteiger partial charge is 0.0707 e. The molecule has 1 aromatic heterocycles. The average Bonchev–Trinajstić information content (AvgIpc) is 2.65. The Morgan fingerprint density at radius 1 is 1.40 bits per heavy atom. The molecular weight excluding hydrogens is 292 g/mol. The number of unbranched alkanes of at least 4 members (excludes halogenated alkanes) is 1. The van der Waals surface area contributed by atoms with Gasteiger partial charge < -0.3 is 0 Å². The molecule has 0 aliphatic rings. The van der Waals surface area contributed by atoms with Gasteiger partial charge in [-0.05, 0) is 40.4 Å². The van der Waals surface area contributed by atoms with E-state index in [0.717, 1.165) is 0 Å². The first-order chi connectivity index (χ1) is 7.19. The summed E-state index contributed by atoms with van der Waals surface area (Å²) in [5.41, 5.74) is 0. The van der Waals surface area contributed by atoms with Crippen LogP contribution in [0.3, 0.4) is 0 Å². The Hall–Kier alpha value is 0.470. The van der Waals surface area contributed by atoms with Gasteiger partial charge >= 0.3 is 0 Å². The summed E-state index contributed by atoms with van der Waals surface area (Å²) in [4.78, 5) is 1.30. The second-order valence-electron chi connectivity index (χ2n) is 3.85. The maximum Gasteiger partial charge on any atom is 0.0707 e. The standard InChI is InChI=1S/C12H18BrClS/c1-3-5-6-9(4-2)12(14)10-7-8-11(13)15-10/h7-9,12H,3-6H2,1-2H3. The van der Waals surface area contributed by atoms with Crippen LogP contribution in [0.4, 0.5) is 0 Å². The molecule has 1 rings (SSSR count). The van der Waals surface area contributed by atoms with Crippen LogP contribution in [0.25, 0.3) is 0 Å².